The summed E-state index contributed by atoms with van der Waals surface area (Å²) in [5, 5.41) is 0. The van der Waals surface area contributed by atoms with Crippen LogP contribution in [0.15, 0.2) is 31.1 Å². The molecule has 1 fully saturated rings. The van der Waals surface area contributed by atoms with Crippen molar-refractivity contribution in [2.24, 2.45) is 11.8 Å². The second-order valence-corrected chi connectivity index (χ2v) is 4.34. The first-order chi connectivity index (χ1) is 7.40. The third-order valence-electron chi connectivity index (χ3n) is 3.35. The molecule has 0 N–H and O–H groups in total. The fourth-order valence-corrected chi connectivity index (χ4v) is 2.58. The van der Waals surface area contributed by atoms with Gasteiger partial charge in [0.2, 0.25) is 0 Å². The molecule has 0 aliphatic heterocycles. The lowest BCUT2D eigenvalue weighted by Gasteiger charge is -2.16. The molecule has 0 amide bonds. The fourth-order valence-electron chi connectivity index (χ4n) is 2.58. The van der Waals surface area contributed by atoms with Gasteiger partial charge in [-0.3, -0.25) is 0 Å². The van der Waals surface area contributed by atoms with Gasteiger partial charge < -0.3 is 0 Å². The summed E-state index contributed by atoms with van der Waals surface area (Å²) < 4.78 is 0. The Kier molecular flexibility index (Phi) is 3.49. The Hall–Kier alpha value is -1.18. The van der Waals surface area contributed by atoms with E-state index in [1.165, 1.54) is 19.3 Å². The monoisotopic (exact) mass is 202 g/mol. The van der Waals surface area contributed by atoms with Crippen LogP contribution in [0, 0.1) is 11.8 Å². The number of allylic oxidation sites excluding steroid dienone is 1. The van der Waals surface area contributed by atoms with Crippen molar-refractivity contribution in [2.45, 2.75) is 32.1 Å². The van der Waals surface area contributed by atoms with Gasteiger partial charge in [0, 0.05) is 18.8 Å². The molecule has 1 aliphatic rings. The minimum absolute atomic E-state index is 0.769. The summed E-state index contributed by atoms with van der Waals surface area (Å²) in [4.78, 5) is 8.60. The van der Waals surface area contributed by atoms with Crippen molar-refractivity contribution >= 4 is 0 Å². The number of hydrogen-bond donors (Lipinski definition) is 0. The molecular weight excluding hydrogens is 184 g/mol. The minimum atomic E-state index is 0.769. The maximum atomic E-state index is 4.30. The number of aromatic nitrogens is 2. The highest BCUT2D eigenvalue weighted by Gasteiger charge is 2.26. The number of nitrogens with zero attached hydrogens (tertiary/aromatic N) is 2. The second kappa shape index (κ2) is 5.06. The molecular formula is C13H18N2. The summed E-state index contributed by atoms with van der Waals surface area (Å²) in [6.07, 6.45) is 11.9. The molecule has 80 valence electrons. The predicted octanol–water partition coefficient (Wildman–Crippen LogP) is 3.01. The van der Waals surface area contributed by atoms with Crippen LogP contribution in [0.4, 0.5) is 0 Å². The number of hydrogen-bond acceptors (Lipinski definition) is 2. The van der Waals surface area contributed by atoms with E-state index in [1.54, 1.807) is 0 Å². The molecule has 0 spiro atoms. The zero-order chi connectivity index (χ0) is 10.5. The van der Waals surface area contributed by atoms with E-state index in [4.69, 9.17) is 0 Å². The fraction of sp³-hybridized carbons (Fsp3) is 0.538. The van der Waals surface area contributed by atoms with Crippen LogP contribution in [0.2, 0.25) is 0 Å². The highest BCUT2D eigenvalue weighted by atomic mass is 14.8. The first-order valence-electron chi connectivity index (χ1n) is 5.77. The van der Waals surface area contributed by atoms with Crippen LogP contribution in [0.5, 0.6) is 0 Å². The van der Waals surface area contributed by atoms with Crippen molar-refractivity contribution < 1.29 is 0 Å². The smallest absolute Gasteiger partial charge is 0.128 e. The minimum Gasteiger partial charge on any atom is -0.241 e. The van der Waals surface area contributed by atoms with E-state index in [1.807, 2.05) is 18.5 Å². The zero-order valence-electron chi connectivity index (χ0n) is 9.10. The van der Waals surface area contributed by atoms with E-state index < -0.39 is 0 Å². The molecule has 2 heteroatoms. The van der Waals surface area contributed by atoms with Gasteiger partial charge >= 0.3 is 0 Å². The average Bonchev–Trinajstić information content (AvgIpc) is 2.68. The van der Waals surface area contributed by atoms with Gasteiger partial charge in [0.15, 0.2) is 0 Å². The first-order valence-corrected chi connectivity index (χ1v) is 5.77. The van der Waals surface area contributed by atoms with E-state index in [-0.39, 0.29) is 0 Å². The second-order valence-electron chi connectivity index (χ2n) is 4.34. The molecule has 15 heavy (non-hydrogen) atoms. The summed E-state index contributed by atoms with van der Waals surface area (Å²) >= 11 is 0. The van der Waals surface area contributed by atoms with Gasteiger partial charge in [0.05, 0.1) is 0 Å². The van der Waals surface area contributed by atoms with Gasteiger partial charge in [-0.1, -0.05) is 12.5 Å². The van der Waals surface area contributed by atoms with E-state index in [0.29, 0.717) is 0 Å². The van der Waals surface area contributed by atoms with E-state index >= 15 is 0 Å². The van der Waals surface area contributed by atoms with Crippen molar-refractivity contribution in [3.63, 3.8) is 0 Å². The molecule has 2 nitrogen and oxygen atoms in total. The van der Waals surface area contributed by atoms with Crippen LogP contribution in [-0.4, -0.2) is 9.97 Å². The Balaban J connectivity index is 1.96. The van der Waals surface area contributed by atoms with Crippen LogP contribution in [0.3, 0.4) is 0 Å². The molecule has 0 bridgehead atoms. The number of rotatable bonds is 4. The van der Waals surface area contributed by atoms with E-state index in [0.717, 1.165) is 30.5 Å². The van der Waals surface area contributed by atoms with Crippen LogP contribution >= 0.6 is 0 Å². The van der Waals surface area contributed by atoms with Gasteiger partial charge in [0.1, 0.15) is 5.82 Å². The Morgan fingerprint density at radius 2 is 2.00 bits per heavy atom. The Labute approximate surface area is 91.5 Å². The lowest BCUT2D eigenvalue weighted by atomic mass is 9.90. The summed E-state index contributed by atoms with van der Waals surface area (Å²) in [5.74, 6) is 2.58. The van der Waals surface area contributed by atoms with Crippen LogP contribution in [0.1, 0.15) is 31.5 Å². The summed E-state index contributed by atoms with van der Waals surface area (Å²) in [6, 6.07) is 1.87. The van der Waals surface area contributed by atoms with Crippen LogP contribution in [-0.2, 0) is 6.42 Å². The molecule has 1 aromatic heterocycles. The summed E-state index contributed by atoms with van der Waals surface area (Å²) in [5.41, 5.74) is 0. The maximum Gasteiger partial charge on any atom is 0.128 e. The van der Waals surface area contributed by atoms with E-state index in [9.17, 15) is 0 Å². The van der Waals surface area contributed by atoms with Gasteiger partial charge in [-0.2, -0.15) is 0 Å². The maximum absolute atomic E-state index is 4.30. The van der Waals surface area contributed by atoms with Crippen molar-refractivity contribution in [1.29, 1.82) is 0 Å². The Morgan fingerprint density at radius 1 is 1.27 bits per heavy atom. The van der Waals surface area contributed by atoms with Crippen molar-refractivity contribution in [2.75, 3.05) is 0 Å². The summed E-state index contributed by atoms with van der Waals surface area (Å²) in [7, 11) is 0. The largest absolute Gasteiger partial charge is 0.241 e. The van der Waals surface area contributed by atoms with Crippen molar-refractivity contribution in [3.05, 3.63) is 36.9 Å². The third-order valence-corrected chi connectivity index (χ3v) is 3.35. The molecule has 0 aromatic carbocycles. The molecule has 2 rings (SSSR count). The average molecular weight is 202 g/mol. The van der Waals surface area contributed by atoms with Crippen LogP contribution in [0.25, 0.3) is 0 Å². The SMILES string of the molecule is C=CC[C@@H]1CCC[C@@H]1Cc1ncccn1. The first kappa shape index (κ1) is 10.3. The molecule has 1 aliphatic carbocycles. The molecule has 1 heterocycles. The molecule has 1 saturated carbocycles. The normalized spacial score (nSPS) is 25.3. The standard InChI is InChI=1S/C13H18N2/c1-2-5-11-6-3-7-12(11)10-13-14-8-4-9-15-13/h2,4,8-9,11-12H,1,3,5-7,10H2/t11-,12-/m1/s1. The van der Waals surface area contributed by atoms with Crippen molar-refractivity contribution in [3.8, 4) is 0 Å². The van der Waals surface area contributed by atoms with Gasteiger partial charge in [-0.05, 0) is 37.2 Å². The Morgan fingerprint density at radius 3 is 2.73 bits per heavy atom. The molecule has 0 saturated heterocycles. The highest BCUT2D eigenvalue weighted by Crippen LogP contribution is 2.35. The summed E-state index contributed by atoms with van der Waals surface area (Å²) in [6.45, 7) is 3.83. The van der Waals surface area contributed by atoms with Crippen LogP contribution < -0.4 is 0 Å². The molecule has 2 atom stereocenters. The van der Waals surface area contributed by atoms with E-state index in [2.05, 4.69) is 22.6 Å². The molecule has 0 radical (unpaired) electrons. The third kappa shape index (κ3) is 2.65. The molecule has 0 unspecified atom stereocenters. The molecule has 1 aromatic rings. The lowest BCUT2D eigenvalue weighted by molar-refractivity contribution is 0.382. The van der Waals surface area contributed by atoms with Gasteiger partial charge in [-0.25, -0.2) is 9.97 Å². The topological polar surface area (TPSA) is 25.8 Å². The lowest BCUT2D eigenvalue weighted by Crippen LogP contribution is -2.12. The zero-order valence-corrected chi connectivity index (χ0v) is 9.10. The van der Waals surface area contributed by atoms with Gasteiger partial charge in [0.25, 0.3) is 0 Å². The van der Waals surface area contributed by atoms with Crippen molar-refractivity contribution in [1.82, 2.24) is 9.97 Å². The highest BCUT2D eigenvalue weighted by molar-refractivity contribution is 4.94. The predicted molar refractivity (Wildman–Crippen MR) is 61.4 cm³/mol. The Bertz CT molecular complexity index is 308. The quantitative estimate of drug-likeness (QED) is 0.701. The van der Waals surface area contributed by atoms with Gasteiger partial charge in [-0.15, -0.1) is 6.58 Å².